The number of rotatable bonds is 6. The summed E-state index contributed by atoms with van der Waals surface area (Å²) in [5.41, 5.74) is 2.28. The van der Waals surface area contributed by atoms with Gasteiger partial charge in [-0.1, -0.05) is 0 Å². The molecular weight excluding hydrogens is 322 g/mol. The van der Waals surface area contributed by atoms with Crippen LogP contribution in [0.15, 0.2) is 16.5 Å². The molecule has 1 unspecified atom stereocenters. The number of amides is 1. The van der Waals surface area contributed by atoms with Crippen LogP contribution in [-0.2, 0) is 0 Å². The van der Waals surface area contributed by atoms with Gasteiger partial charge in [-0.15, -0.1) is 0 Å². The second kappa shape index (κ2) is 7.51. The van der Waals surface area contributed by atoms with Crippen molar-refractivity contribution in [2.24, 2.45) is 0 Å². The van der Waals surface area contributed by atoms with Crippen LogP contribution >= 0.6 is 0 Å². The molecule has 1 atom stereocenters. The third-order valence-corrected chi connectivity index (χ3v) is 4.32. The van der Waals surface area contributed by atoms with Crippen LogP contribution in [0, 0.1) is 20.8 Å². The Hall–Kier alpha value is -2.63. The number of benzene rings is 1. The molecule has 6 heteroatoms. The van der Waals surface area contributed by atoms with Crippen LogP contribution in [0.2, 0.25) is 0 Å². The van der Waals surface area contributed by atoms with Crippen molar-refractivity contribution in [2.75, 3.05) is 21.3 Å². The van der Waals surface area contributed by atoms with Crippen molar-refractivity contribution < 1.29 is 23.4 Å². The molecule has 2 aromatic rings. The summed E-state index contributed by atoms with van der Waals surface area (Å²) in [7, 11) is 4.68. The van der Waals surface area contributed by atoms with Crippen molar-refractivity contribution in [3.8, 4) is 17.2 Å². The lowest BCUT2D eigenvalue weighted by Gasteiger charge is -2.19. The molecule has 0 aliphatic carbocycles. The third kappa shape index (κ3) is 3.57. The van der Waals surface area contributed by atoms with Crippen LogP contribution in [0.4, 0.5) is 0 Å². The minimum atomic E-state index is -0.254. The molecule has 0 saturated heterocycles. The third-order valence-electron chi connectivity index (χ3n) is 4.32. The maximum atomic E-state index is 12.7. The monoisotopic (exact) mass is 347 g/mol. The van der Waals surface area contributed by atoms with Crippen molar-refractivity contribution in [2.45, 2.75) is 33.7 Å². The number of aryl methyl sites for hydroxylation is 2. The van der Waals surface area contributed by atoms with Gasteiger partial charge in [-0.25, -0.2) is 0 Å². The van der Waals surface area contributed by atoms with Gasteiger partial charge in [-0.05, 0) is 45.4 Å². The van der Waals surface area contributed by atoms with Gasteiger partial charge >= 0.3 is 0 Å². The van der Waals surface area contributed by atoms with E-state index in [-0.39, 0.29) is 11.9 Å². The Morgan fingerprint density at radius 2 is 1.56 bits per heavy atom. The molecule has 1 N–H and O–H groups in total. The van der Waals surface area contributed by atoms with E-state index in [1.54, 1.807) is 28.3 Å². The van der Waals surface area contributed by atoms with Gasteiger partial charge in [0.2, 0.25) is 5.75 Å². The normalized spacial score (nSPS) is 11.8. The zero-order chi connectivity index (χ0) is 18.7. The minimum absolute atomic E-state index is 0.173. The fourth-order valence-electron chi connectivity index (χ4n) is 2.83. The predicted molar refractivity (Wildman–Crippen MR) is 94.9 cm³/mol. The first kappa shape index (κ1) is 18.7. The van der Waals surface area contributed by atoms with Crippen LogP contribution in [-0.4, -0.2) is 27.2 Å². The topological polar surface area (TPSA) is 69.9 Å². The van der Waals surface area contributed by atoms with Crippen molar-refractivity contribution in [3.63, 3.8) is 0 Å². The molecule has 1 aromatic heterocycles. The second-order valence-corrected chi connectivity index (χ2v) is 5.87. The zero-order valence-corrected chi connectivity index (χ0v) is 15.8. The number of nitrogens with one attached hydrogen (secondary N) is 1. The number of methoxy groups -OCH3 is 3. The quantitative estimate of drug-likeness (QED) is 0.862. The van der Waals surface area contributed by atoms with Gasteiger partial charge in [0.05, 0.1) is 32.9 Å². The van der Waals surface area contributed by atoms with E-state index in [0.29, 0.717) is 28.6 Å². The highest BCUT2D eigenvalue weighted by atomic mass is 16.5. The highest BCUT2D eigenvalue weighted by Crippen LogP contribution is 2.39. The van der Waals surface area contributed by atoms with E-state index in [9.17, 15) is 4.79 Å². The smallest absolute Gasteiger partial charge is 0.255 e. The summed E-state index contributed by atoms with van der Waals surface area (Å²) < 4.78 is 21.6. The molecule has 2 rings (SSSR count). The summed E-state index contributed by atoms with van der Waals surface area (Å²) in [5.74, 6) is 2.80. The van der Waals surface area contributed by atoms with Crippen molar-refractivity contribution >= 4 is 5.91 Å². The molecule has 0 bridgehead atoms. The average molecular weight is 347 g/mol. The van der Waals surface area contributed by atoms with E-state index in [4.69, 9.17) is 18.6 Å². The lowest BCUT2D eigenvalue weighted by Crippen LogP contribution is -2.27. The first-order valence-electron chi connectivity index (χ1n) is 8.01. The number of furan rings is 1. The van der Waals surface area contributed by atoms with Gasteiger partial charge in [0.25, 0.3) is 5.91 Å². The van der Waals surface area contributed by atoms with Crippen molar-refractivity contribution in [1.29, 1.82) is 0 Å². The van der Waals surface area contributed by atoms with Crippen molar-refractivity contribution in [1.82, 2.24) is 5.32 Å². The van der Waals surface area contributed by atoms with Crippen molar-refractivity contribution in [3.05, 3.63) is 40.3 Å². The second-order valence-electron chi connectivity index (χ2n) is 5.87. The molecule has 136 valence electrons. The van der Waals surface area contributed by atoms with E-state index in [2.05, 4.69) is 5.32 Å². The van der Waals surface area contributed by atoms with Gasteiger partial charge < -0.3 is 23.9 Å². The van der Waals surface area contributed by atoms with Gasteiger partial charge in [-0.2, -0.15) is 0 Å². The standard InChI is InChI=1S/C19H25NO5/c1-10-12(3)25-13(4)17(10)19(21)20-11(2)14-8-15(22-5)18(24-7)16(9-14)23-6/h8-9,11H,1-7H3,(H,20,21). The van der Waals surface area contributed by atoms with E-state index in [0.717, 1.165) is 16.9 Å². The number of carbonyl (C=O) groups excluding carboxylic acids is 1. The molecule has 0 aliphatic heterocycles. The van der Waals surface area contributed by atoms with E-state index in [1.165, 1.54) is 0 Å². The van der Waals surface area contributed by atoms with E-state index >= 15 is 0 Å². The Bertz CT molecular complexity index is 753. The van der Waals surface area contributed by atoms with Gasteiger partial charge in [0.1, 0.15) is 11.5 Å². The Balaban J connectivity index is 2.31. The summed E-state index contributed by atoms with van der Waals surface area (Å²) >= 11 is 0. The maximum absolute atomic E-state index is 12.7. The lowest BCUT2D eigenvalue weighted by atomic mass is 10.0. The van der Waals surface area contributed by atoms with E-state index < -0.39 is 0 Å². The minimum Gasteiger partial charge on any atom is -0.493 e. The lowest BCUT2D eigenvalue weighted by molar-refractivity contribution is 0.0937. The molecular formula is C19H25NO5. The highest BCUT2D eigenvalue weighted by molar-refractivity contribution is 5.97. The summed E-state index contributed by atoms with van der Waals surface area (Å²) in [5, 5.41) is 3.00. The molecule has 6 nitrogen and oxygen atoms in total. The number of hydrogen-bond donors (Lipinski definition) is 1. The molecule has 1 heterocycles. The number of carbonyl (C=O) groups is 1. The summed E-state index contributed by atoms with van der Waals surface area (Å²) in [6.07, 6.45) is 0. The fourth-order valence-corrected chi connectivity index (χ4v) is 2.83. The molecule has 1 aromatic carbocycles. The summed E-state index contributed by atoms with van der Waals surface area (Å²) in [4.78, 5) is 12.7. The zero-order valence-electron chi connectivity index (χ0n) is 15.8. The Kier molecular flexibility index (Phi) is 5.62. The van der Waals surface area contributed by atoms with Crippen LogP contribution in [0.5, 0.6) is 17.2 Å². The molecule has 25 heavy (non-hydrogen) atoms. The van der Waals surface area contributed by atoms with Crippen LogP contribution in [0.25, 0.3) is 0 Å². The van der Waals surface area contributed by atoms with Gasteiger partial charge in [-0.3, -0.25) is 4.79 Å². The molecule has 0 fully saturated rings. The van der Waals surface area contributed by atoms with Crippen LogP contribution in [0.1, 0.15) is 46.0 Å². The number of hydrogen-bond acceptors (Lipinski definition) is 5. The maximum Gasteiger partial charge on any atom is 0.255 e. The number of ether oxygens (including phenoxy) is 3. The molecule has 0 aliphatic rings. The Labute approximate surface area is 148 Å². The first-order chi connectivity index (χ1) is 11.8. The first-order valence-corrected chi connectivity index (χ1v) is 8.01. The van der Waals surface area contributed by atoms with E-state index in [1.807, 2.05) is 32.9 Å². The van der Waals surface area contributed by atoms with Gasteiger partial charge in [0.15, 0.2) is 11.5 Å². The average Bonchev–Trinajstić information content (AvgIpc) is 2.85. The fraction of sp³-hybridized carbons (Fsp3) is 0.421. The van der Waals surface area contributed by atoms with Gasteiger partial charge in [0, 0.05) is 5.56 Å². The summed E-state index contributed by atoms with van der Waals surface area (Å²) in [6, 6.07) is 3.40. The largest absolute Gasteiger partial charge is 0.493 e. The summed E-state index contributed by atoms with van der Waals surface area (Å²) in [6.45, 7) is 7.42. The van der Waals surface area contributed by atoms with Crippen LogP contribution < -0.4 is 19.5 Å². The predicted octanol–water partition coefficient (Wildman–Crippen LogP) is 3.72. The Morgan fingerprint density at radius 3 is 1.96 bits per heavy atom. The highest BCUT2D eigenvalue weighted by Gasteiger charge is 2.22. The SMILES string of the molecule is COc1cc(C(C)NC(=O)c2c(C)oc(C)c2C)cc(OC)c1OC. The molecule has 1 amide bonds. The molecule has 0 radical (unpaired) electrons. The molecule has 0 saturated carbocycles. The van der Waals surface area contributed by atoms with Crippen LogP contribution in [0.3, 0.4) is 0 Å². The Morgan fingerprint density at radius 1 is 1.00 bits per heavy atom. The molecule has 0 spiro atoms.